The highest BCUT2D eigenvalue weighted by Crippen LogP contribution is 1.68. The first-order chi connectivity index (χ1) is 2.27. The van der Waals surface area contributed by atoms with Crippen LogP contribution in [0.3, 0.4) is 0 Å². The van der Waals surface area contributed by atoms with Gasteiger partial charge in [0, 0.05) is 0 Å². The molecule has 1 nitrogen and oxygen atoms in total. The molecule has 5 heavy (non-hydrogen) atoms. The topological polar surface area (TPSA) is 17.1 Å². The minimum Gasteiger partial charge on any atom is -0.275 e. The molecule has 28 valence electrons. The minimum absolute atomic E-state index is 0.583. The second-order valence-corrected chi connectivity index (χ2v) is 1.03. The molecule has 0 aliphatic carbocycles. The predicted octanol–water partition coefficient (Wildman–Crippen LogP) is 0.752. The Morgan fingerprint density at radius 3 is 2.20 bits per heavy atom. The number of carbonyl (C=O) groups is 1. The summed E-state index contributed by atoms with van der Waals surface area (Å²) in [7, 11) is 0. The van der Waals surface area contributed by atoms with Gasteiger partial charge in [-0.15, -0.1) is 0 Å². The zero-order valence-corrected chi connectivity index (χ0v) is 3.84. The van der Waals surface area contributed by atoms with E-state index < -0.39 is 5.24 Å². The van der Waals surface area contributed by atoms with Crippen molar-refractivity contribution in [3.63, 3.8) is 0 Å². The molecule has 0 unspecified atom stereocenters. The van der Waals surface area contributed by atoms with Gasteiger partial charge in [-0.3, -0.25) is 4.79 Å². The molecule has 0 aliphatic rings. The average molecular weight is 109 g/mol. The number of hydrogen-bond donors (Lipinski definition) is 0. The lowest BCUT2D eigenvalue weighted by Gasteiger charge is -1.56. The first-order valence-electron chi connectivity index (χ1n) is 0.917. The van der Waals surface area contributed by atoms with Gasteiger partial charge in [0.05, 0.1) is 5.37 Å². The van der Waals surface area contributed by atoms with Crippen LogP contribution in [-0.4, -0.2) is 10.6 Å². The molecule has 0 amide bonds. The van der Waals surface area contributed by atoms with E-state index in [0.717, 1.165) is 5.37 Å². The van der Waals surface area contributed by atoms with Crippen LogP contribution in [0.4, 0.5) is 0 Å². The fourth-order valence-electron chi connectivity index (χ4n) is 0. The van der Waals surface area contributed by atoms with E-state index in [1.165, 1.54) is 0 Å². The van der Waals surface area contributed by atoms with Gasteiger partial charge in [0.1, 0.15) is 0 Å². The molecule has 0 fully saturated rings. The second kappa shape index (κ2) is 2.30. The monoisotopic (exact) mass is 108 g/mol. The van der Waals surface area contributed by atoms with Crippen LogP contribution in [0.5, 0.6) is 0 Å². The molecule has 0 saturated carbocycles. The molecule has 0 aromatic rings. The first-order valence-corrected chi connectivity index (χ1v) is 1.77. The molecule has 0 aliphatic heterocycles. The smallest absolute Gasteiger partial charge is 0.255 e. The minimum atomic E-state index is -0.583. The first kappa shape index (κ1) is 5.05. The molecule has 0 atom stereocenters. The largest absolute Gasteiger partial charge is 0.275 e. The highest BCUT2D eigenvalue weighted by atomic mass is 35.5. The summed E-state index contributed by atoms with van der Waals surface area (Å²) in [5.74, 6) is 0. The fraction of sp³-hybridized carbons (Fsp3) is 0. The van der Waals surface area contributed by atoms with Gasteiger partial charge in [0.25, 0.3) is 5.24 Å². The normalized spacial score (nSPS) is 6.60. The average Bonchev–Trinajstić information content (AvgIpc) is 1.38. The van der Waals surface area contributed by atoms with E-state index in [2.05, 4.69) is 23.8 Å². The van der Waals surface area contributed by atoms with Crippen LogP contribution in [-0.2, 0) is 4.79 Å². The number of thiocarbonyl (C=S) groups is 1. The van der Waals surface area contributed by atoms with Crippen molar-refractivity contribution in [2.45, 2.75) is 0 Å². The van der Waals surface area contributed by atoms with Gasteiger partial charge in [0.15, 0.2) is 0 Å². The SMILES string of the molecule is O=C(Cl)C=S. The lowest BCUT2D eigenvalue weighted by atomic mass is 10.9. The van der Waals surface area contributed by atoms with Crippen LogP contribution in [0.25, 0.3) is 0 Å². The summed E-state index contributed by atoms with van der Waals surface area (Å²) in [5.41, 5.74) is 0. The lowest BCUT2D eigenvalue weighted by molar-refractivity contribution is -0.105. The van der Waals surface area contributed by atoms with E-state index in [-0.39, 0.29) is 0 Å². The van der Waals surface area contributed by atoms with Crippen molar-refractivity contribution in [1.29, 1.82) is 0 Å². The summed E-state index contributed by atoms with van der Waals surface area (Å²) in [6, 6.07) is 0. The summed E-state index contributed by atoms with van der Waals surface area (Å²) in [5, 5.41) is 0.293. The molecule has 3 heteroatoms. The Balaban J connectivity index is 3.20. The Kier molecular flexibility index (Phi) is 2.32. The Hall–Kier alpha value is 0.0500. The molecule has 0 aromatic heterocycles. The van der Waals surface area contributed by atoms with E-state index in [9.17, 15) is 4.79 Å². The van der Waals surface area contributed by atoms with Crippen LogP contribution in [0, 0.1) is 0 Å². The molecule has 0 heterocycles. The number of carbonyl (C=O) groups excluding carboxylic acids is 1. The van der Waals surface area contributed by atoms with Crippen LogP contribution < -0.4 is 0 Å². The maximum Gasteiger partial charge on any atom is 0.255 e. The third-order valence-corrected chi connectivity index (χ3v) is 0.545. The van der Waals surface area contributed by atoms with E-state index in [0.29, 0.717) is 0 Å². The Bertz CT molecular complexity index is 60.7. The van der Waals surface area contributed by atoms with E-state index in [1.54, 1.807) is 0 Å². The van der Waals surface area contributed by atoms with Gasteiger partial charge in [-0.1, -0.05) is 12.2 Å². The number of halogens is 1. The van der Waals surface area contributed by atoms with Crippen LogP contribution in [0.1, 0.15) is 0 Å². The fourth-order valence-corrected chi connectivity index (χ4v) is 0. The second-order valence-electron chi connectivity index (χ2n) is 0.422. The van der Waals surface area contributed by atoms with E-state index in [1.807, 2.05) is 0 Å². The van der Waals surface area contributed by atoms with Crippen molar-refractivity contribution in [2.24, 2.45) is 0 Å². The van der Waals surface area contributed by atoms with Gasteiger partial charge >= 0.3 is 0 Å². The van der Waals surface area contributed by atoms with Gasteiger partial charge in [-0.25, -0.2) is 0 Å². The van der Waals surface area contributed by atoms with Crippen molar-refractivity contribution in [1.82, 2.24) is 0 Å². The third-order valence-electron chi connectivity index (χ3n) is 0.0927. The molecule has 0 bridgehead atoms. The molecular formula is C2HClOS. The summed E-state index contributed by atoms with van der Waals surface area (Å²) < 4.78 is 0. The third kappa shape index (κ3) is 4.05. The van der Waals surface area contributed by atoms with Gasteiger partial charge in [-0.2, -0.15) is 0 Å². The van der Waals surface area contributed by atoms with Gasteiger partial charge < -0.3 is 0 Å². The standard InChI is InChI=1S/C2HClOS/c3-2(4)1-5/h1H. The molecule has 0 saturated heterocycles. The van der Waals surface area contributed by atoms with Gasteiger partial charge in [-0.05, 0) is 11.6 Å². The van der Waals surface area contributed by atoms with Crippen molar-refractivity contribution in [3.8, 4) is 0 Å². The zero-order chi connectivity index (χ0) is 4.28. The summed E-state index contributed by atoms with van der Waals surface area (Å²) in [6.45, 7) is 0. The summed E-state index contributed by atoms with van der Waals surface area (Å²) in [6.07, 6.45) is 0. The van der Waals surface area contributed by atoms with E-state index in [4.69, 9.17) is 0 Å². The van der Waals surface area contributed by atoms with Crippen molar-refractivity contribution >= 4 is 34.4 Å². The molecule has 0 rings (SSSR count). The number of rotatable bonds is 1. The predicted molar refractivity (Wildman–Crippen MR) is 24.5 cm³/mol. The number of hydrogen-bond acceptors (Lipinski definition) is 2. The Labute approximate surface area is 39.9 Å². The lowest BCUT2D eigenvalue weighted by Crippen LogP contribution is -1.77. The van der Waals surface area contributed by atoms with Crippen molar-refractivity contribution in [2.75, 3.05) is 0 Å². The summed E-state index contributed by atoms with van der Waals surface area (Å²) >= 11 is 8.73. The molecule has 0 aromatic carbocycles. The van der Waals surface area contributed by atoms with Crippen LogP contribution >= 0.6 is 23.8 Å². The Morgan fingerprint density at radius 2 is 2.20 bits per heavy atom. The Morgan fingerprint density at radius 1 is 2.00 bits per heavy atom. The quantitative estimate of drug-likeness (QED) is 0.364. The highest BCUT2D eigenvalue weighted by molar-refractivity contribution is 7.80. The maximum atomic E-state index is 9.42. The molecule has 0 spiro atoms. The highest BCUT2D eigenvalue weighted by Gasteiger charge is 1.76. The van der Waals surface area contributed by atoms with Crippen molar-refractivity contribution < 1.29 is 4.79 Å². The maximum absolute atomic E-state index is 9.42. The van der Waals surface area contributed by atoms with Crippen molar-refractivity contribution in [3.05, 3.63) is 0 Å². The van der Waals surface area contributed by atoms with Crippen LogP contribution in [0.2, 0.25) is 0 Å². The molecule has 0 N–H and O–H groups in total. The van der Waals surface area contributed by atoms with Crippen LogP contribution in [0.15, 0.2) is 0 Å². The molecule has 0 radical (unpaired) electrons. The summed E-state index contributed by atoms with van der Waals surface area (Å²) in [4.78, 5) is 9.42. The zero-order valence-electron chi connectivity index (χ0n) is 2.27. The molecular weight excluding hydrogens is 108 g/mol. The van der Waals surface area contributed by atoms with E-state index >= 15 is 0 Å². The van der Waals surface area contributed by atoms with Gasteiger partial charge in [0.2, 0.25) is 0 Å².